The van der Waals surface area contributed by atoms with Crippen LogP contribution in [0.5, 0.6) is 5.75 Å². The van der Waals surface area contributed by atoms with Crippen molar-refractivity contribution >= 4 is 0 Å². The normalized spacial score (nSPS) is 15.7. The van der Waals surface area contributed by atoms with E-state index in [0.29, 0.717) is 0 Å². The van der Waals surface area contributed by atoms with Crippen molar-refractivity contribution in [1.29, 1.82) is 0 Å². The van der Waals surface area contributed by atoms with Gasteiger partial charge in [0.15, 0.2) is 0 Å². The maximum Gasteiger partial charge on any atom is 0.119 e. The highest BCUT2D eigenvalue weighted by Gasteiger charge is 2.19. The SMILES string of the molecule is c1ccc(OCCCC2CC2)cc1. The highest BCUT2D eigenvalue weighted by molar-refractivity contribution is 5.20. The van der Waals surface area contributed by atoms with Crippen LogP contribution in [-0.2, 0) is 0 Å². The average molecular weight is 176 g/mol. The third-order valence-electron chi connectivity index (χ3n) is 2.47. The number of ether oxygens (including phenoxy) is 1. The highest BCUT2D eigenvalue weighted by Crippen LogP contribution is 2.33. The molecule has 2 rings (SSSR count). The van der Waals surface area contributed by atoms with E-state index in [0.717, 1.165) is 18.3 Å². The van der Waals surface area contributed by atoms with Crippen LogP contribution in [0.25, 0.3) is 0 Å². The Bertz CT molecular complexity index is 239. The molecule has 0 amide bonds. The van der Waals surface area contributed by atoms with E-state index in [2.05, 4.69) is 0 Å². The molecule has 1 aliphatic rings. The van der Waals surface area contributed by atoms with Crippen LogP contribution in [0.2, 0.25) is 0 Å². The predicted octanol–water partition coefficient (Wildman–Crippen LogP) is 3.26. The van der Waals surface area contributed by atoms with Crippen LogP contribution >= 0.6 is 0 Å². The molecule has 0 radical (unpaired) electrons. The minimum atomic E-state index is 0.876. The van der Waals surface area contributed by atoms with Crippen molar-refractivity contribution < 1.29 is 4.74 Å². The molecule has 0 N–H and O–H groups in total. The Morgan fingerprint density at radius 2 is 1.92 bits per heavy atom. The summed E-state index contributed by atoms with van der Waals surface area (Å²) < 4.78 is 5.58. The molecule has 1 aromatic rings. The van der Waals surface area contributed by atoms with Gasteiger partial charge in [0.1, 0.15) is 5.75 Å². The average Bonchev–Trinajstić information content (AvgIpc) is 2.98. The topological polar surface area (TPSA) is 9.23 Å². The van der Waals surface area contributed by atoms with Gasteiger partial charge in [0.25, 0.3) is 0 Å². The first-order valence-corrected chi connectivity index (χ1v) is 5.13. The molecule has 70 valence electrons. The molecular weight excluding hydrogens is 160 g/mol. The van der Waals surface area contributed by atoms with Gasteiger partial charge in [0.2, 0.25) is 0 Å². The van der Waals surface area contributed by atoms with E-state index < -0.39 is 0 Å². The van der Waals surface area contributed by atoms with Gasteiger partial charge in [-0.1, -0.05) is 31.0 Å². The molecule has 0 bridgehead atoms. The lowest BCUT2D eigenvalue weighted by Gasteiger charge is -2.04. The van der Waals surface area contributed by atoms with Gasteiger partial charge in [-0.3, -0.25) is 0 Å². The third-order valence-corrected chi connectivity index (χ3v) is 2.47. The minimum absolute atomic E-state index is 0.876. The molecule has 1 fully saturated rings. The molecule has 0 atom stereocenters. The number of hydrogen-bond donors (Lipinski definition) is 0. The smallest absolute Gasteiger partial charge is 0.119 e. The summed E-state index contributed by atoms with van der Waals surface area (Å²) in [6, 6.07) is 10.1. The molecule has 0 aliphatic heterocycles. The summed E-state index contributed by atoms with van der Waals surface area (Å²) >= 11 is 0. The van der Waals surface area contributed by atoms with E-state index in [9.17, 15) is 0 Å². The number of rotatable bonds is 5. The van der Waals surface area contributed by atoms with Crippen molar-refractivity contribution in [3.63, 3.8) is 0 Å². The molecule has 1 heteroatoms. The van der Waals surface area contributed by atoms with E-state index in [-0.39, 0.29) is 0 Å². The van der Waals surface area contributed by atoms with Gasteiger partial charge in [0.05, 0.1) is 6.61 Å². The van der Waals surface area contributed by atoms with Crippen molar-refractivity contribution in [3.8, 4) is 5.75 Å². The van der Waals surface area contributed by atoms with Crippen molar-refractivity contribution in [2.24, 2.45) is 5.92 Å². The zero-order chi connectivity index (χ0) is 8.93. The second-order valence-corrected chi connectivity index (χ2v) is 3.75. The lowest BCUT2D eigenvalue weighted by molar-refractivity contribution is 0.303. The molecule has 0 spiro atoms. The first kappa shape index (κ1) is 8.61. The minimum Gasteiger partial charge on any atom is -0.494 e. The van der Waals surface area contributed by atoms with Crippen molar-refractivity contribution in [2.75, 3.05) is 6.61 Å². The van der Waals surface area contributed by atoms with E-state index in [4.69, 9.17) is 4.74 Å². The molecule has 1 nitrogen and oxygen atoms in total. The largest absolute Gasteiger partial charge is 0.494 e. The second-order valence-electron chi connectivity index (χ2n) is 3.75. The molecule has 13 heavy (non-hydrogen) atoms. The molecule has 0 unspecified atom stereocenters. The van der Waals surface area contributed by atoms with E-state index in [1.165, 1.54) is 25.7 Å². The summed E-state index contributed by atoms with van der Waals surface area (Å²) in [5, 5.41) is 0. The molecule has 1 aliphatic carbocycles. The molecule has 0 aromatic heterocycles. The Morgan fingerprint density at radius 1 is 1.15 bits per heavy atom. The zero-order valence-corrected chi connectivity index (χ0v) is 7.91. The van der Waals surface area contributed by atoms with Gasteiger partial charge in [-0.15, -0.1) is 0 Å². The van der Waals surface area contributed by atoms with E-state index in [1.54, 1.807) is 0 Å². The van der Waals surface area contributed by atoms with Gasteiger partial charge in [-0.25, -0.2) is 0 Å². The van der Waals surface area contributed by atoms with Crippen LogP contribution in [0.15, 0.2) is 30.3 Å². The standard InChI is InChI=1S/C12H16O/c1-2-6-12(7-3-1)13-10-4-5-11-8-9-11/h1-3,6-7,11H,4-5,8-10H2. The van der Waals surface area contributed by atoms with Gasteiger partial charge in [0, 0.05) is 0 Å². The van der Waals surface area contributed by atoms with Crippen molar-refractivity contribution in [1.82, 2.24) is 0 Å². The van der Waals surface area contributed by atoms with Gasteiger partial charge in [-0.2, -0.15) is 0 Å². The zero-order valence-electron chi connectivity index (χ0n) is 7.91. The fourth-order valence-corrected chi connectivity index (χ4v) is 1.49. The first-order valence-electron chi connectivity index (χ1n) is 5.13. The summed E-state index contributed by atoms with van der Waals surface area (Å²) in [5.41, 5.74) is 0. The summed E-state index contributed by atoms with van der Waals surface area (Å²) in [7, 11) is 0. The summed E-state index contributed by atoms with van der Waals surface area (Å²) in [6.07, 6.45) is 5.46. The van der Waals surface area contributed by atoms with Crippen LogP contribution in [-0.4, -0.2) is 6.61 Å². The van der Waals surface area contributed by atoms with Crippen LogP contribution in [0, 0.1) is 5.92 Å². The van der Waals surface area contributed by atoms with Crippen LogP contribution in [0.3, 0.4) is 0 Å². The Morgan fingerprint density at radius 3 is 2.62 bits per heavy atom. The maximum absolute atomic E-state index is 5.58. The highest BCUT2D eigenvalue weighted by atomic mass is 16.5. The third kappa shape index (κ3) is 3.10. The monoisotopic (exact) mass is 176 g/mol. The van der Waals surface area contributed by atoms with Crippen LogP contribution < -0.4 is 4.74 Å². The summed E-state index contributed by atoms with van der Waals surface area (Å²) in [5.74, 6) is 2.03. The second kappa shape index (κ2) is 4.31. The first-order chi connectivity index (χ1) is 6.45. The Hall–Kier alpha value is -0.980. The molecule has 0 saturated heterocycles. The van der Waals surface area contributed by atoms with Crippen molar-refractivity contribution in [2.45, 2.75) is 25.7 Å². The number of benzene rings is 1. The molecule has 1 aromatic carbocycles. The Kier molecular flexibility index (Phi) is 2.86. The predicted molar refractivity (Wildman–Crippen MR) is 53.9 cm³/mol. The van der Waals surface area contributed by atoms with Crippen LogP contribution in [0.1, 0.15) is 25.7 Å². The fourth-order valence-electron chi connectivity index (χ4n) is 1.49. The Labute approximate surface area is 79.7 Å². The van der Waals surface area contributed by atoms with Gasteiger partial charge < -0.3 is 4.74 Å². The number of hydrogen-bond acceptors (Lipinski definition) is 1. The fraction of sp³-hybridized carbons (Fsp3) is 0.500. The number of para-hydroxylation sites is 1. The van der Waals surface area contributed by atoms with Crippen LogP contribution in [0.4, 0.5) is 0 Å². The quantitative estimate of drug-likeness (QED) is 0.626. The lowest BCUT2D eigenvalue weighted by Crippen LogP contribution is -1.97. The van der Waals surface area contributed by atoms with E-state index >= 15 is 0 Å². The molecule has 1 saturated carbocycles. The molecule has 0 heterocycles. The van der Waals surface area contributed by atoms with E-state index in [1.807, 2.05) is 30.3 Å². The summed E-state index contributed by atoms with van der Waals surface area (Å²) in [4.78, 5) is 0. The Balaban J connectivity index is 1.61. The lowest BCUT2D eigenvalue weighted by atomic mass is 10.2. The molecular formula is C12H16O. The van der Waals surface area contributed by atoms with Gasteiger partial charge >= 0.3 is 0 Å². The van der Waals surface area contributed by atoms with Crippen molar-refractivity contribution in [3.05, 3.63) is 30.3 Å². The maximum atomic E-state index is 5.58. The summed E-state index contributed by atoms with van der Waals surface area (Å²) in [6.45, 7) is 0.876. The van der Waals surface area contributed by atoms with Gasteiger partial charge in [-0.05, 0) is 30.9 Å².